The molecule has 0 aliphatic carbocycles. The maximum atomic E-state index is 12.7. The fraction of sp³-hybridized carbons (Fsp3) is 0.667. The van der Waals surface area contributed by atoms with E-state index >= 15 is 0 Å². The van der Waals surface area contributed by atoms with Gasteiger partial charge in [-0.05, 0) is 19.8 Å². The van der Waals surface area contributed by atoms with E-state index in [1.165, 1.54) is 0 Å². The molecular weight excluding hydrogens is 318 g/mol. The molecule has 0 N–H and O–H groups in total. The van der Waals surface area contributed by atoms with E-state index in [1.807, 2.05) is 29.0 Å². The Hall–Kier alpha value is -1.08. The van der Waals surface area contributed by atoms with Crippen LogP contribution in [0.4, 0.5) is 0 Å². The second kappa shape index (κ2) is 7.00. The quantitative estimate of drug-likeness (QED) is 0.839. The molecule has 2 aliphatic heterocycles. The van der Waals surface area contributed by atoms with Crippen LogP contribution in [0.3, 0.4) is 0 Å². The maximum Gasteiger partial charge on any atom is 0.245 e. The fourth-order valence-electron chi connectivity index (χ4n) is 3.06. The first-order chi connectivity index (χ1) is 10.6. The number of thioether (sulfide) groups is 1. The van der Waals surface area contributed by atoms with Crippen molar-refractivity contribution >= 4 is 34.9 Å². The molecule has 7 heteroatoms. The summed E-state index contributed by atoms with van der Waals surface area (Å²) in [6, 6.07) is -0.254. The van der Waals surface area contributed by atoms with E-state index < -0.39 is 0 Å². The largest absolute Gasteiger partial charge is 0.339 e. The zero-order chi connectivity index (χ0) is 15.5. The molecule has 1 aromatic rings. The second-order valence-corrected chi connectivity index (χ2v) is 8.00. The minimum Gasteiger partial charge on any atom is -0.339 e. The Morgan fingerprint density at radius 2 is 2.09 bits per heavy atom. The van der Waals surface area contributed by atoms with Gasteiger partial charge < -0.3 is 9.80 Å². The molecule has 2 aliphatic rings. The highest BCUT2D eigenvalue weighted by Gasteiger charge is 2.36. The first-order valence-electron chi connectivity index (χ1n) is 7.72. The summed E-state index contributed by atoms with van der Waals surface area (Å²) in [6.07, 6.45) is 2.02. The standard InChI is InChI=1S/C15H21N3O2S2/c1-11-16-12(10-22-11)9-14(19)18-4-2-3-13(18)15(20)17-5-7-21-8-6-17/h10,13H,2-9H2,1H3/t13-/m1/s1. The fourth-order valence-corrected chi connectivity index (χ4v) is 4.58. The van der Waals surface area contributed by atoms with Crippen LogP contribution in [-0.2, 0) is 16.0 Å². The SMILES string of the molecule is Cc1nc(CC(=O)N2CCC[C@@H]2C(=O)N2CCSCC2)cs1. The van der Waals surface area contributed by atoms with Crippen molar-refractivity contribution < 1.29 is 9.59 Å². The number of carbonyl (C=O) groups is 2. The molecule has 0 radical (unpaired) electrons. The van der Waals surface area contributed by atoms with E-state index in [2.05, 4.69) is 4.98 Å². The Labute approximate surface area is 139 Å². The van der Waals surface area contributed by atoms with Gasteiger partial charge >= 0.3 is 0 Å². The van der Waals surface area contributed by atoms with Gasteiger partial charge in [0.25, 0.3) is 0 Å². The number of aromatic nitrogens is 1. The van der Waals surface area contributed by atoms with Crippen molar-refractivity contribution in [1.29, 1.82) is 0 Å². The van der Waals surface area contributed by atoms with Crippen LogP contribution in [0.25, 0.3) is 0 Å². The lowest BCUT2D eigenvalue weighted by atomic mass is 10.1. The molecular formula is C15H21N3O2S2. The van der Waals surface area contributed by atoms with Crippen molar-refractivity contribution in [3.05, 3.63) is 16.1 Å². The van der Waals surface area contributed by atoms with E-state index in [0.29, 0.717) is 13.0 Å². The normalized spacial score (nSPS) is 22.1. The van der Waals surface area contributed by atoms with E-state index in [9.17, 15) is 9.59 Å². The lowest BCUT2D eigenvalue weighted by Crippen LogP contribution is -2.50. The molecule has 0 saturated carbocycles. The van der Waals surface area contributed by atoms with E-state index in [1.54, 1.807) is 16.2 Å². The highest BCUT2D eigenvalue weighted by atomic mass is 32.2. The van der Waals surface area contributed by atoms with Crippen LogP contribution in [-0.4, -0.2) is 63.8 Å². The van der Waals surface area contributed by atoms with E-state index in [4.69, 9.17) is 0 Å². The molecule has 0 bridgehead atoms. The van der Waals surface area contributed by atoms with Crippen LogP contribution in [0.1, 0.15) is 23.5 Å². The van der Waals surface area contributed by atoms with Crippen LogP contribution >= 0.6 is 23.1 Å². The van der Waals surface area contributed by atoms with Crippen molar-refractivity contribution in [2.24, 2.45) is 0 Å². The number of carbonyl (C=O) groups excluding carboxylic acids is 2. The first-order valence-corrected chi connectivity index (χ1v) is 9.75. The predicted molar refractivity (Wildman–Crippen MR) is 89.2 cm³/mol. The molecule has 1 aromatic heterocycles. The topological polar surface area (TPSA) is 53.5 Å². The molecule has 2 saturated heterocycles. The van der Waals surface area contributed by atoms with Crippen LogP contribution < -0.4 is 0 Å². The number of nitrogens with zero attached hydrogens (tertiary/aromatic N) is 3. The smallest absolute Gasteiger partial charge is 0.245 e. The zero-order valence-electron chi connectivity index (χ0n) is 12.8. The third kappa shape index (κ3) is 3.46. The van der Waals surface area contributed by atoms with Gasteiger partial charge in [-0.1, -0.05) is 0 Å². The third-order valence-electron chi connectivity index (χ3n) is 4.18. The second-order valence-electron chi connectivity index (χ2n) is 5.72. The average molecular weight is 339 g/mol. The van der Waals surface area contributed by atoms with Crippen LogP contribution in [0.5, 0.6) is 0 Å². The highest BCUT2D eigenvalue weighted by Crippen LogP contribution is 2.22. The van der Waals surface area contributed by atoms with Crippen LogP contribution in [0, 0.1) is 6.92 Å². The number of hydrogen-bond acceptors (Lipinski definition) is 5. The van der Waals surface area contributed by atoms with Gasteiger partial charge in [-0.25, -0.2) is 4.98 Å². The van der Waals surface area contributed by atoms with Gasteiger partial charge in [0.2, 0.25) is 11.8 Å². The Kier molecular flexibility index (Phi) is 5.03. The average Bonchev–Trinajstić information content (AvgIpc) is 3.16. The lowest BCUT2D eigenvalue weighted by Gasteiger charge is -2.32. The Balaban J connectivity index is 1.64. The molecule has 22 heavy (non-hydrogen) atoms. The van der Waals surface area contributed by atoms with Crippen molar-refractivity contribution in [2.75, 3.05) is 31.1 Å². The van der Waals surface area contributed by atoms with Crippen molar-refractivity contribution in [3.63, 3.8) is 0 Å². The van der Waals surface area contributed by atoms with E-state index in [-0.39, 0.29) is 17.9 Å². The molecule has 3 rings (SSSR count). The number of thiazole rings is 1. The van der Waals surface area contributed by atoms with Gasteiger partial charge in [0.05, 0.1) is 17.1 Å². The van der Waals surface area contributed by atoms with E-state index in [0.717, 1.165) is 48.1 Å². The molecule has 120 valence electrons. The molecule has 1 atom stereocenters. The number of aryl methyl sites for hydroxylation is 1. The lowest BCUT2D eigenvalue weighted by molar-refractivity contribution is -0.143. The number of amides is 2. The summed E-state index contributed by atoms with van der Waals surface area (Å²) in [6.45, 7) is 4.26. The van der Waals surface area contributed by atoms with Gasteiger partial charge in [-0.2, -0.15) is 11.8 Å². The van der Waals surface area contributed by atoms with Gasteiger partial charge in [0.15, 0.2) is 0 Å². The number of hydrogen-bond donors (Lipinski definition) is 0. The van der Waals surface area contributed by atoms with Crippen molar-refractivity contribution in [2.45, 2.75) is 32.2 Å². The Morgan fingerprint density at radius 3 is 2.77 bits per heavy atom. The summed E-state index contributed by atoms with van der Waals surface area (Å²) >= 11 is 3.45. The van der Waals surface area contributed by atoms with Gasteiger partial charge in [-0.3, -0.25) is 9.59 Å². The molecule has 0 unspecified atom stereocenters. The van der Waals surface area contributed by atoms with Gasteiger partial charge in [0.1, 0.15) is 6.04 Å². The molecule has 5 nitrogen and oxygen atoms in total. The summed E-state index contributed by atoms with van der Waals surface area (Å²) in [5, 5.41) is 2.91. The summed E-state index contributed by atoms with van der Waals surface area (Å²) < 4.78 is 0. The number of likely N-dealkylation sites (tertiary alicyclic amines) is 1. The van der Waals surface area contributed by atoms with Gasteiger partial charge in [-0.15, -0.1) is 11.3 Å². The monoisotopic (exact) mass is 339 g/mol. The molecule has 0 spiro atoms. The Bertz CT molecular complexity index is 555. The van der Waals surface area contributed by atoms with Gasteiger partial charge in [0, 0.05) is 36.5 Å². The van der Waals surface area contributed by atoms with Crippen LogP contribution in [0.2, 0.25) is 0 Å². The number of rotatable bonds is 3. The third-order valence-corrected chi connectivity index (χ3v) is 5.94. The maximum absolute atomic E-state index is 12.7. The summed E-state index contributed by atoms with van der Waals surface area (Å²) in [5.41, 5.74) is 0.819. The molecule has 2 fully saturated rings. The molecule has 3 heterocycles. The Morgan fingerprint density at radius 1 is 1.32 bits per heavy atom. The highest BCUT2D eigenvalue weighted by molar-refractivity contribution is 7.99. The first kappa shape index (κ1) is 15.8. The minimum atomic E-state index is -0.254. The summed E-state index contributed by atoms with van der Waals surface area (Å²) in [7, 11) is 0. The molecule has 2 amide bonds. The van der Waals surface area contributed by atoms with Crippen LogP contribution in [0.15, 0.2) is 5.38 Å². The van der Waals surface area contributed by atoms with Crippen molar-refractivity contribution in [3.8, 4) is 0 Å². The predicted octanol–water partition coefficient (Wildman–Crippen LogP) is 1.56. The zero-order valence-corrected chi connectivity index (χ0v) is 14.4. The molecule has 0 aromatic carbocycles. The summed E-state index contributed by atoms with van der Waals surface area (Å²) in [4.78, 5) is 33.3. The van der Waals surface area contributed by atoms with Crippen molar-refractivity contribution in [1.82, 2.24) is 14.8 Å². The summed E-state index contributed by atoms with van der Waals surface area (Å²) in [5.74, 6) is 2.18. The minimum absolute atomic E-state index is 0.0348.